The van der Waals surface area contributed by atoms with E-state index in [0.29, 0.717) is 17.5 Å². The molecule has 0 amide bonds. The van der Waals surface area contributed by atoms with Crippen LogP contribution in [0.15, 0.2) is 212 Å². The fraction of sp³-hybridized carbons (Fsp3) is 0. The maximum atomic E-state index is 5.18. The highest BCUT2D eigenvalue weighted by Crippen LogP contribution is 2.44. The van der Waals surface area contributed by atoms with Crippen LogP contribution < -0.4 is 0 Å². The summed E-state index contributed by atoms with van der Waals surface area (Å²) >= 11 is 0. The Balaban J connectivity index is 1.06. The summed E-state index contributed by atoms with van der Waals surface area (Å²) in [5.74, 6) is 1.94. The minimum absolute atomic E-state index is 0.636. The smallest absolute Gasteiger partial charge is 0.164 e. The molecule has 1 aromatic heterocycles. The van der Waals surface area contributed by atoms with E-state index in [1.54, 1.807) is 0 Å². The van der Waals surface area contributed by atoms with Gasteiger partial charge in [0, 0.05) is 16.7 Å². The van der Waals surface area contributed by atoms with E-state index in [-0.39, 0.29) is 0 Å². The van der Waals surface area contributed by atoms with E-state index < -0.39 is 0 Å². The van der Waals surface area contributed by atoms with Crippen LogP contribution in [0.25, 0.3) is 111 Å². The monoisotopic (exact) mass is 737 g/mol. The molecule has 10 aromatic carbocycles. The second kappa shape index (κ2) is 14.1. The number of aromatic nitrogens is 3. The van der Waals surface area contributed by atoms with Crippen molar-refractivity contribution in [3.8, 4) is 67.5 Å². The summed E-state index contributed by atoms with van der Waals surface area (Å²) in [6.07, 6.45) is 0. The maximum Gasteiger partial charge on any atom is 0.164 e. The zero-order chi connectivity index (χ0) is 38.4. The Kier molecular flexibility index (Phi) is 8.15. The quantitative estimate of drug-likeness (QED) is 0.160. The molecule has 0 saturated carbocycles. The van der Waals surface area contributed by atoms with Gasteiger partial charge in [0.25, 0.3) is 0 Å². The number of fused-ring (bicyclic) bond motifs is 4. The molecular formula is C55H35N3. The third-order valence-electron chi connectivity index (χ3n) is 11.3. The Hall–Kier alpha value is -7.75. The normalized spacial score (nSPS) is 11.4. The Morgan fingerprint density at radius 2 is 0.534 bits per heavy atom. The van der Waals surface area contributed by atoms with Crippen molar-refractivity contribution in [2.24, 2.45) is 0 Å². The summed E-state index contributed by atoms with van der Waals surface area (Å²) in [4.78, 5) is 15.5. The van der Waals surface area contributed by atoms with E-state index in [1.165, 1.54) is 49.4 Å². The summed E-state index contributed by atoms with van der Waals surface area (Å²) in [7, 11) is 0. The summed E-state index contributed by atoms with van der Waals surface area (Å²) in [6, 6.07) is 75.4. The molecular weight excluding hydrogens is 703 g/mol. The third-order valence-corrected chi connectivity index (χ3v) is 11.3. The van der Waals surface area contributed by atoms with Gasteiger partial charge in [0.15, 0.2) is 17.5 Å². The van der Waals surface area contributed by atoms with Crippen molar-refractivity contribution in [2.45, 2.75) is 0 Å². The van der Waals surface area contributed by atoms with E-state index in [1.807, 2.05) is 0 Å². The van der Waals surface area contributed by atoms with E-state index in [9.17, 15) is 0 Å². The van der Waals surface area contributed by atoms with Crippen molar-refractivity contribution in [3.05, 3.63) is 212 Å². The fourth-order valence-electron chi connectivity index (χ4n) is 8.58. The van der Waals surface area contributed by atoms with Crippen LogP contribution in [0.1, 0.15) is 0 Å². The molecule has 3 heteroatoms. The molecule has 0 saturated heterocycles. The second-order valence-electron chi connectivity index (χ2n) is 14.7. The predicted octanol–water partition coefficient (Wildman–Crippen LogP) is 14.5. The summed E-state index contributed by atoms with van der Waals surface area (Å²) in [6.45, 7) is 0. The number of nitrogens with zero attached hydrogens (tertiary/aromatic N) is 3. The molecule has 11 aromatic rings. The van der Waals surface area contributed by atoms with Crippen LogP contribution in [0.2, 0.25) is 0 Å². The summed E-state index contributed by atoms with van der Waals surface area (Å²) in [5.41, 5.74) is 10.1. The second-order valence-corrected chi connectivity index (χ2v) is 14.7. The van der Waals surface area contributed by atoms with Crippen molar-refractivity contribution in [1.82, 2.24) is 15.0 Å². The molecule has 0 aliphatic carbocycles. The number of hydrogen-bond donors (Lipinski definition) is 0. The molecule has 0 aliphatic rings. The van der Waals surface area contributed by atoms with Gasteiger partial charge in [-0.15, -0.1) is 0 Å². The van der Waals surface area contributed by atoms with E-state index in [4.69, 9.17) is 15.0 Å². The standard InChI is InChI=1S/C55H35N3/c1-2-14-36(15-3-1)37-28-30-40(31-29-37)51-45-22-8-10-24-47(45)52(48-25-11-9-23-46(48)51)41-32-34-42(35-33-41)53-56-54(49-26-12-18-38-16-4-6-20-43(38)49)58-55(57-53)50-27-13-19-39-17-5-7-21-44(39)50/h1-35H. The summed E-state index contributed by atoms with van der Waals surface area (Å²) < 4.78 is 0. The fourth-order valence-corrected chi connectivity index (χ4v) is 8.58. The highest BCUT2D eigenvalue weighted by Gasteiger charge is 2.19. The van der Waals surface area contributed by atoms with Crippen molar-refractivity contribution < 1.29 is 0 Å². The maximum absolute atomic E-state index is 5.18. The minimum atomic E-state index is 0.636. The first-order valence-electron chi connectivity index (χ1n) is 19.7. The predicted molar refractivity (Wildman–Crippen MR) is 242 cm³/mol. The molecule has 0 unspecified atom stereocenters. The zero-order valence-electron chi connectivity index (χ0n) is 31.5. The first kappa shape index (κ1) is 33.6. The van der Waals surface area contributed by atoms with E-state index in [0.717, 1.165) is 43.8 Å². The SMILES string of the molecule is c1ccc(-c2ccc(-c3c4ccccc4c(-c4ccc(-c5nc(-c6cccc7ccccc67)nc(-c6cccc7ccccc67)n5)cc4)c4ccccc34)cc2)cc1. The van der Waals surface area contributed by atoms with Crippen LogP contribution in [0.5, 0.6) is 0 Å². The lowest BCUT2D eigenvalue weighted by Crippen LogP contribution is -2.01. The van der Waals surface area contributed by atoms with Crippen LogP contribution in [-0.2, 0) is 0 Å². The molecule has 270 valence electrons. The van der Waals surface area contributed by atoms with Gasteiger partial charge in [-0.1, -0.05) is 212 Å². The minimum Gasteiger partial charge on any atom is -0.208 e. The molecule has 0 atom stereocenters. The summed E-state index contributed by atoms with van der Waals surface area (Å²) in [5, 5.41) is 9.39. The third kappa shape index (κ3) is 5.80. The van der Waals surface area contributed by atoms with Gasteiger partial charge in [0.1, 0.15) is 0 Å². The molecule has 3 nitrogen and oxygen atoms in total. The molecule has 58 heavy (non-hydrogen) atoms. The Labute approximate surface area is 336 Å². The lowest BCUT2D eigenvalue weighted by atomic mass is 9.85. The van der Waals surface area contributed by atoms with Crippen molar-refractivity contribution in [2.75, 3.05) is 0 Å². The van der Waals surface area contributed by atoms with Gasteiger partial charge >= 0.3 is 0 Å². The lowest BCUT2D eigenvalue weighted by molar-refractivity contribution is 1.08. The highest BCUT2D eigenvalue weighted by molar-refractivity contribution is 6.21. The largest absolute Gasteiger partial charge is 0.208 e. The molecule has 0 fully saturated rings. The van der Waals surface area contributed by atoms with Gasteiger partial charge in [-0.25, -0.2) is 15.0 Å². The van der Waals surface area contributed by atoms with Crippen LogP contribution >= 0.6 is 0 Å². The molecule has 0 spiro atoms. The molecule has 1 heterocycles. The van der Waals surface area contributed by atoms with Crippen LogP contribution in [0.3, 0.4) is 0 Å². The first-order chi connectivity index (χ1) is 28.8. The van der Waals surface area contributed by atoms with Crippen LogP contribution in [0, 0.1) is 0 Å². The number of rotatable bonds is 6. The highest BCUT2D eigenvalue weighted by atomic mass is 15.0. The van der Waals surface area contributed by atoms with Crippen molar-refractivity contribution in [1.29, 1.82) is 0 Å². The van der Waals surface area contributed by atoms with Gasteiger partial charge < -0.3 is 0 Å². The van der Waals surface area contributed by atoms with Crippen LogP contribution in [0.4, 0.5) is 0 Å². The molecule has 0 radical (unpaired) electrons. The van der Waals surface area contributed by atoms with E-state index >= 15 is 0 Å². The Bertz CT molecular complexity index is 3150. The Morgan fingerprint density at radius 1 is 0.207 bits per heavy atom. The van der Waals surface area contributed by atoms with E-state index in [2.05, 4.69) is 212 Å². The van der Waals surface area contributed by atoms with Crippen molar-refractivity contribution in [3.63, 3.8) is 0 Å². The van der Waals surface area contributed by atoms with Gasteiger partial charge in [-0.3, -0.25) is 0 Å². The Morgan fingerprint density at radius 3 is 1.00 bits per heavy atom. The van der Waals surface area contributed by atoms with Crippen molar-refractivity contribution >= 4 is 43.1 Å². The number of hydrogen-bond acceptors (Lipinski definition) is 3. The van der Waals surface area contributed by atoms with Gasteiger partial charge in [-0.05, 0) is 76.5 Å². The van der Waals surface area contributed by atoms with Gasteiger partial charge in [0.2, 0.25) is 0 Å². The molecule has 0 bridgehead atoms. The van der Waals surface area contributed by atoms with Crippen LogP contribution in [-0.4, -0.2) is 15.0 Å². The average molecular weight is 738 g/mol. The molecule has 0 N–H and O–H groups in total. The first-order valence-corrected chi connectivity index (χ1v) is 19.7. The van der Waals surface area contributed by atoms with Gasteiger partial charge in [-0.2, -0.15) is 0 Å². The number of benzene rings is 10. The topological polar surface area (TPSA) is 38.7 Å². The van der Waals surface area contributed by atoms with Gasteiger partial charge in [0.05, 0.1) is 0 Å². The lowest BCUT2D eigenvalue weighted by Gasteiger charge is -2.18. The molecule has 11 rings (SSSR count). The molecule has 0 aliphatic heterocycles. The average Bonchev–Trinajstić information content (AvgIpc) is 3.30. The zero-order valence-corrected chi connectivity index (χ0v) is 31.5.